The van der Waals surface area contributed by atoms with Gasteiger partial charge in [-0.05, 0) is 54.4 Å². The van der Waals surface area contributed by atoms with Gasteiger partial charge in [0, 0.05) is 44.0 Å². The van der Waals surface area contributed by atoms with Crippen LogP contribution in [-0.4, -0.2) is 58.5 Å². The third-order valence-corrected chi connectivity index (χ3v) is 8.41. The smallest absolute Gasteiger partial charge is 0.258 e. The number of amides is 1. The number of rotatable bonds is 5. The number of para-hydroxylation sites is 2. The van der Waals surface area contributed by atoms with Crippen LogP contribution in [0.1, 0.15) is 15.9 Å². The highest BCUT2D eigenvalue weighted by Gasteiger charge is 2.32. The number of benzene rings is 3. The topological polar surface area (TPSA) is 70.2 Å². The second-order valence-corrected chi connectivity index (χ2v) is 10.4. The molecule has 0 aromatic heterocycles. The molecular weight excluding hydrogens is 450 g/mol. The number of piperazine rings is 1. The van der Waals surface area contributed by atoms with Gasteiger partial charge in [0.25, 0.3) is 5.91 Å². The van der Waals surface area contributed by atoms with Gasteiger partial charge in [0.05, 0.1) is 17.7 Å². The largest absolute Gasteiger partial charge is 0.495 e. The van der Waals surface area contributed by atoms with Crippen molar-refractivity contribution in [1.29, 1.82) is 0 Å². The molecule has 1 saturated heterocycles. The minimum atomic E-state index is -3.62. The highest BCUT2D eigenvalue weighted by atomic mass is 32.2. The fourth-order valence-corrected chi connectivity index (χ4v) is 6.17. The van der Waals surface area contributed by atoms with Crippen molar-refractivity contribution in [2.24, 2.45) is 0 Å². The van der Waals surface area contributed by atoms with E-state index >= 15 is 0 Å². The fraction of sp³-hybridized carbons (Fsp3) is 0.269. The van der Waals surface area contributed by atoms with Gasteiger partial charge in [-0.25, -0.2) is 8.42 Å². The molecule has 0 aliphatic carbocycles. The predicted molar refractivity (Wildman–Crippen MR) is 132 cm³/mol. The van der Waals surface area contributed by atoms with Gasteiger partial charge in [0.2, 0.25) is 10.0 Å². The van der Waals surface area contributed by atoms with E-state index in [2.05, 4.69) is 4.90 Å². The summed E-state index contributed by atoms with van der Waals surface area (Å²) in [5.41, 5.74) is 3.27. The third-order valence-electron chi connectivity index (χ3n) is 6.51. The van der Waals surface area contributed by atoms with E-state index in [4.69, 9.17) is 4.74 Å². The number of hydrogen-bond acceptors (Lipinski definition) is 5. The Balaban J connectivity index is 1.32. The molecule has 0 spiro atoms. The lowest BCUT2D eigenvalue weighted by Crippen LogP contribution is -2.48. The molecule has 0 N–H and O–H groups in total. The molecular formula is C26H27N3O4S. The Labute approximate surface area is 200 Å². The lowest BCUT2D eigenvalue weighted by molar-refractivity contribution is 0.0989. The average Bonchev–Trinajstić information content (AvgIpc) is 3.32. The van der Waals surface area contributed by atoms with Crippen LogP contribution in [0.2, 0.25) is 0 Å². The highest BCUT2D eigenvalue weighted by molar-refractivity contribution is 7.89. The number of carbonyl (C=O) groups is 1. The van der Waals surface area contributed by atoms with E-state index in [1.165, 1.54) is 0 Å². The van der Waals surface area contributed by atoms with Gasteiger partial charge < -0.3 is 14.5 Å². The molecule has 3 aromatic rings. The lowest BCUT2D eigenvalue weighted by atomic mass is 10.1. The molecule has 8 heteroatoms. The number of hydrogen-bond donors (Lipinski definition) is 0. The average molecular weight is 478 g/mol. The summed E-state index contributed by atoms with van der Waals surface area (Å²) in [7, 11) is -1.98. The van der Waals surface area contributed by atoms with Crippen LogP contribution in [0, 0.1) is 0 Å². The Morgan fingerprint density at radius 2 is 1.53 bits per heavy atom. The second kappa shape index (κ2) is 9.12. The molecule has 0 bridgehead atoms. The number of methoxy groups -OCH3 is 1. The van der Waals surface area contributed by atoms with Gasteiger partial charge in [0.1, 0.15) is 5.75 Å². The number of nitrogens with zero attached hydrogens (tertiary/aromatic N) is 3. The molecule has 2 heterocycles. The van der Waals surface area contributed by atoms with E-state index in [0.717, 1.165) is 22.7 Å². The van der Waals surface area contributed by atoms with Crippen LogP contribution in [0.15, 0.2) is 77.7 Å². The summed E-state index contributed by atoms with van der Waals surface area (Å²) in [6, 6.07) is 22.0. The van der Waals surface area contributed by atoms with Gasteiger partial charge in [-0.15, -0.1) is 0 Å². The van der Waals surface area contributed by atoms with Crippen molar-refractivity contribution in [3.63, 3.8) is 0 Å². The molecule has 0 atom stereocenters. The normalized spacial score (nSPS) is 16.4. The summed E-state index contributed by atoms with van der Waals surface area (Å²) in [5.74, 6) is 0.717. The first-order valence-electron chi connectivity index (χ1n) is 11.4. The highest BCUT2D eigenvalue weighted by Crippen LogP contribution is 2.33. The van der Waals surface area contributed by atoms with Gasteiger partial charge in [0.15, 0.2) is 0 Å². The van der Waals surface area contributed by atoms with Crippen molar-refractivity contribution in [2.45, 2.75) is 11.3 Å². The summed E-state index contributed by atoms with van der Waals surface area (Å²) in [4.78, 5) is 17.1. The summed E-state index contributed by atoms with van der Waals surface area (Å²) in [6.07, 6.45) is 0.638. The predicted octanol–water partition coefficient (Wildman–Crippen LogP) is 3.41. The monoisotopic (exact) mass is 477 g/mol. The number of ether oxygens (including phenoxy) is 1. The Morgan fingerprint density at radius 3 is 2.26 bits per heavy atom. The molecule has 7 nitrogen and oxygen atoms in total. The summed E-state index contributed by atoms with van der Waals surface area (Å²) >= 11 is 0. The van der Waals surface area contributed by atoms with Crippen molar-refractivity contribution in [2.75, 3.05) is 49.6 Å². The summed E-state index contributed by atoms with van der Waals surface area (Å²) < 4.78 is 33.8. The van der Waals surface area contributed by atoms with Gasteiger partial charge >= 0.3 is 0 Å². The van der Waals surface area contributed by atoms with Crippen molar-refractivity contribution in [3.8, 4) is 5.75 Å². The second-order valence-electron chi connectivity index (χ2n) is 8.43. The van der Waals surface area contributed by atoms with Crippen LogP contribution in [0.25, 0.3) is 0 Å². The maximum Gasteiger partial charge on any atom is 0.258 e. The zero-order chi connectivity index (χ0) is 23.7. The molecule has 34 heavy (non-hydrogen) atoms. The first-order valence-corrected chi connectivity index (χ1v) is 12.8. The standard InChI is InChI=1S/C26H27N3O4S/c1-33-25-10-6-5-9-24(25)27-15-17-28(18-16-27)34(31,32)22-11-12-23-21(19-22)13-14-29(23)26(30)20-7-3-2-4-8-20/h2-12,19H,13-18H2,1H3. The molecule has 5 rings (SSSR count). The number of anilines is 2. The van der Waals surface area contributed by atoms with Crippen molar-refractivity contribution in [1.82, 2.24) is 4.31 Å². The maximum atomic E-state index is 13.4. The van der Waals surface area contributed by atoms with E-state index in [1.54, 1.807) is 46.6 Å². The summed E-state index contributed by atoms with van der Waals surface area (Å²) in [5, 5.41) is 0. The Hall–Kier alpha value is -3.36. The minimum absolute atomic E-state index is 0.0672. The molecule has 0 saturated carbocycles. The number of carbonyl (C=O) groups excluding carboxylic acids is 1. The first kappa shape index (κ1) is 22.4. The van der Waals surface area contributed by atoms with Crippen molar-refractivity contribution >= 4 is 27.3 Å². The first-order chi connectivity index (χ1) is 16.5. The van der Waals surface area contributed by atoms with Gasteiger partial charge in [-0.1, -0.05) is 30.3 Å². The maximum absolute atomic E-state index is 13.4. The number of sulfonamides is 1. The summed E-state index contributed by atoms with van der Waals surface area (Å²) in [6.45, 7) is 2.52. The molecule has 2 aliphatic rings. The molecule has 0 unspecified atom stereocenters. The third kappa shape index (κ3) is 4.03. The molecule has 1 amide bonds. The zero-order valence-corrected chi connectivity index (χ0v) is 19.9. The van der Waals surface area contributed by atoms with Crippen LogP contribution >= 0.6 is 0 Å². The van der Waals surface area contributed by atoms with Crippen molar-refractivity contribution in [3.05, 3.63) is 83.9 Å². The van der Waals surface area contributed by atoms with E-state index < -0.39 is 10.0 Å². The Morgan fingerprint density at radius 1 is 0.824 bits per heavy atom. The van der Waals surface area contributed by atoms with Crippen LogP contribution in [0.4, 0.5) is 11.4 Å². The fourth-order valence-electron chi connectivity index (χ4n) is 4.70. The van der Waals surface area contributed by atoms with Crippen LogP contribution in [-0.2, 0) is 16.4 Å². The van der Waals surface area contributed by atoms with Crippen LogP contribution in [0.3, 0.4) is 0 Å². The van der Waals surface area contributed by atoms with Gasteiger partial charge in [-0.2, -0.15) is 4.31 Å². The Bertz CT molecular complexity index is 1300. The molecule has 0 radical (unpaired) electrons. The zero-order valence-electron chi connectivity index (χ0n) is 19.1. The van der Waals surface area contributed by atoms with Crippen LogP contribution in [0.5, 0.6) is 5.75 Å². The SMILES string of the molecule is COc1ccccc1N1CCN(S(=O)(=O)c2ccc3c(c2)CCN3C(=O)c2ccccc2)CC1. The Kier molecular flexibility index (Phi) is 6.02. The van der Waals surface area contributed by atoms with E-state index in [1.807, 2.05) is 42.5 Å². The van der Waals surface area contributed by atoms with Crippen molar-refractivity contribution < 1.29 is 17.9 Å². The van der Waals surface area contributed by atoms with Gasteiger partial charge in [-0.3, -0.25) is 4.79 Å². The van der Waals surface area contributed by atoms with E-state index in [0.29, 0.717) is 44.7 Å². The molecule has 3 aromatic carbocycles. The molecule has 1 fully saturated rings. The van der Waals surface area contributed by atoms with Crippen LogP contribution < -0.4 is 14.5 Å². The molecule has 2 aliphatic heterocycles. The molecule has 176 valence electrons. The van der Waals surface area contributed by atoms with E-state index in [-0.39, 0.29) is 10.8 Å². The minimum Gasteiger partial charge on any atom is -0.495 e. The quantitative estimate of drug-likeness (QED) is 0.563. The lowest BCUT2D eigenvalue weighted by Gasteiger charge is -2.36. The number of fused-ring (bicyclic) bond motifs is 1. The van der Waals surface area contributed by atoms with E-state index in [9.17, 15) is 13.2 Å².